The van der Waals surface area contributed by atoms with Crippen LogP contribution in [0, 0.1) is 0 Å². The van der Waals surface area contributed by atoms with Gasteiger partial charge in [0.25, 0.3) is 5.91 Å². The third-order valence-electron chi connectivity index (χ3n) is 4.83. The van der Waals surface area contributed by atoms with Gasteiger partial charge in [-0.05, 0) is 69.7 Å². The maximum atomic E-state index is 13.4. The van der Waals surface area contributed by atoms with Gasteiger partial charge in [-0.1, -0.05) is 12.1 Å². The van der Waals surface area contributed by atoms with Gasteiger partial charge in [-0.15, -0.1) is 0 Å². The molecule has 2 unspecified atom stereocenters. The van der Waals surface area contributed by atoms with E-state index < -0.39 is 42.2 Å². The van der Waals surface area contributed by atoms with Crippen LogP contribution in [0.4, 0.5) is 10.5 Å². The molecule has 35 heavy (non-hydrogen) atoms. The zero-order chi connectivity index (χ0) is 26.2. The number of hydrogen-bond donors (Lipinski definition) is 4. The summed E-state index contributed by atoms with van der Waals surface area (Å²) in [4.78, 5) is 40.1. The predicted molar refractivity (Wildman–Crippen MR) is 130 cm³/mol. The Bertz CT molecular complexity index is 1020. The monoisotopic (exact) mass is 487 g/mol. The first-order chi connectivity index (χ1) is 16.4. The zero-order valence-electron chi connectivity index (χ0n) is 20.6. The fraction of sp³-hybridized carbons (Fsp3) is 0.400. The Hall–Kier alpha value is -3.79. The summed E-state index contributed by atoms with van der Waals surface area (Å²) in [6.45, 7) is 5.90. The average Bonchev–Trinajstić information content (AvgIpc) is 2.77. The fourth-order valence-electron chi connectivity index (χ4n) is 3.32. The molecule has 0 spiro atoms. The van der Waals surface area contributed by atoms with Gasteiger partial charge in [0.1, 0.15) is 29.2 Å². The van der Waals surface area contributed by atoms with E-state index in [-0.39, 0.29) is 12.3 Å². The van der Waals surface area contributed by atoms with Crippen LogP contribution >= 0.6 is 0 Å². The number of ether oxygens (including phenoxy) is 2. The van der Waals surface area contributed by atoms with Crippen LogP contribution in [0.15, 0.2) is 48.5 Å². The van der Waals surface area contributed by atoms with E-state index >= 15 is 0 Å². The van der Waals surface area contributed by atoms with Gasteiger partial charge in [-0.25, -0.2) is 4.79 Å². The highest BCUT2D eigenvalue weighted by Gasteiger charge is 2.34. The van der Waals surface area contributed by atoms with Crippen molar-refractivity contribution in [1.29, 1.82) is 0 Å². The number of nitrogens with zero attached hydrogens (tertiary/aromatic N) is 1. The number of nitrogens with one attached hydrogen (secondary N) is 2. The molecule has 2 aromatic rings. The summed E-state index contributed by atoms with van der Waals surface area (Å²) >= 11 is 0. The maximum absolute atomic E-state index is 13.4. The minimum absolute atomic E-state index is 0.0962. The molecule has 0 fully saturated rings. The van der Waals surface area contributed by atoms with Crippen molar-refractivity contribution >= 4 is 23.6 Å². The number of hydrogen-bond acceptors (Lipinski definition) is 7. The number of alkyl carbamates (subject to hydrolysis) is 1. The van der Waals surface area contributed by atoms with E-state index in [9.17, 15) is 24.6 Å². The number of amides is 3. The van der Waals surface area contributed by atoms with Crippen molar-refractivity contribution in [3.63, 3.8) is 0 Å². The number of methoxy groups -OCH3 is 1. The van der Waals surface area contributed by atoms with E-state index in [0.717, 1.165) is 4.90 Å². The van der Waals surface area contributed by atoms with Gasteiger partial charge in [-0.3, -0.25) is 9.59 Å². The molecule has 0 aliphatic rings. The summed E-state index contributed by atoms with van der Waals surface area (Å²) in [6.07, 6.45) is -0.793. The summed E-state index contributed by atoms with van der Waals surface area (Å²) < 4.78 is 10.3. The molecule has 0 saturated carbocycles. The molecule has 4 N–H and O–H groups in total. The first-order valence-electron chi connectivity index (χ1n) is 11.1. The van der Waals surface area contributed by atoms with Crippen molar-refractivity contribution < 1.29 is 34.1 Å². The minimum Gasteiger partial charge on any atom is -0.508 e. The van der Waals surface area contributed by atoms with Crippen molar-refractivity contribution in [2.24, 2.45) is 0 Å². The van der Waals surface area contributed by atoms with Crippen LogP contribution in [0.5, 0.6) is 11.5 Å². The van der Waals surface area contributed by atoms with E-state index in [1.165, 1.54) is 26.2 Å². The van der Waals surface area contributed by atoms with Gasteiger partial charge in [0.05, 0.1) is 13.7 Å². The van der Waals surface area contributed by atoms with E-state index in [2.05, 4.69) is 10.6 Å². The lowest BCUT2D eigenvalue weighted by atomic mass is 10.0. The number of carbonyl (C=O) groups is 3. The summed E-state index contributed by atoms with van der Waals surface area (Å²) in [5.74, 6) is -0.692. The first-order valence-corrected chi connectivity index (χ1v) is 11.1. The SMILES string of the molecule is COc1ccc(NC(=O)C(c2cccc(O)c2)N(CCO)C(=O)C(C)NC(=O)OC(C)(C)C)cc1. The fourth-order valence-corrected chi connectivity index (χ4v) is 3.32. The number of benzene rings is 2. The van der Waals surface area contributed by atoms with E-state index in [1.54, 1.807) is 57.2 Å². The number of aliphatic hydroxyl groups is 1. The molecule has 2 rings (SSSR count). The van der Waals surface area contributed by atoms with Crippen LogP contribution in [-0.4, -0.2) is 64.9 Å². The molecular formula is C25H33N3O7. The zero-order valence-corrected chi connectivity index (χ0v) is 20.6. The minimum atomic E-state index is -1.22. The van der Waals surface area contributed by atoms with Crippen LogP contribution in [0.1, 0.15) is 39.3 Å². The third kappa shape index (κ3) is 8.18. The largest absolute Gasteiger partial charge is 0.508 e. The molecule has 0 aliphatic carbocycles. The summed E-state index contributed by atoms with van der Waals surface area (Å²) in [7, 11) is 1.52. The topological polar surface area (TPSA) is 137 Å². The molecule has 0 radical (unpaired) electrons. The highest BCUT2D eigenvalue weighted by molar-refractivity contribution is 5.99. The van der Waals surface area contributed by atoms with Crippen molar-refractivity contribution in [2.45, 2.75) is 45.4 Å². The highest BCUT2D eigenvalue weighted by atomic mass is 16.6. The Morgan fingerprint density at radius 3 is 2.29 bits per heavy atom. The van der Waals surface area contributed by atoms with Crippen LogP contribution in [0.25, 0.3) is 0 Å². The molecule has 190 valence electrons. The van der Waals surface area contributed by atoms with Gasteiger partial charge in [-0.2, -0.15) is 0 Å². The number of phenolic OH excluding ortho intramolecular Hbond substituents is 1. The highest BCUT2D eigenvalue weighted by Crippen LogP contribution is 2.27. The number of rotatable bonds is 9. The second-order valence-corrected chi connectivity index (χ2v) is 8.84. The number of phenols is 1. The molecule has 0 heterocycles. The van der Waals surface area contributed by atoms with Crippen molar-refractivity contribution in [1.82, 2.24) is 10.2 Å². The van der Waals surface area contributed by atoms with E-state index in [1.807, 2.05) is 0 Å². The molecule has 0 aliphatic heterocycles. The molecule has 0 aromatic heterocycles. The first kappa shape index (κ1) is 27.5. The van der Waals surface area contributed by atoms with Crippen LogP contribution in [0.2, 0.25) is 0 Å². The number of anilines is 1. The normalized spacial score (nSPS) is 12.7. The standard InChI is InChI=1S/C25H33N3O7/c1-16(26-24(33)35-25(2,3)4)23(32)28(13-14-29)21(17-7-6-8-19(30)15-17)22(31)27-18-9-11-20(34-5)12-10-18/h6-12,15-16,21,29-30H,13-14H2,1-5H3,(H,26,33)(H,27,31). The smallest absolute Gasteiger partial charge is 0.408 e. The molecule has 10 nitrogen and oxygen atoms in total. The summed E-state index contributed by atoms with van der Waals surface area (Å²) in [5, 5.41) is 24.9. The van der Waals surface area contributed by atoms with Crippen LogP contribution in [-0.2, 0) is 14.3 Å². The van der Waals surface area contributed by atoms with Crippen molar-refractivity contribution in [3.8, 4) is 11.5 Å². The van der Waals surface area contributed by atoms with Crippen molar-refractivity contribution in [2.75, 3.05) is 25.6 Å². The van der Waals surface area contributed by atoms with Crippen molar-refractivity contribution in [3.05, 3.63) is 54.1 Å². The Morgan fingerprint density at radius 1 is 1.09 bits per heavy atom. The molecule has 2 aromatic carbocycles. The quantitative estimate of drug-likeness (QED) is 0.427. The lowest BCUT2D eigenvalue weighted by molar-refractivity contribution is -0.141. The number of aliphatic hydroxyl groups excluding tert-OH is 1. The molecule has 2 atom stereocenters. The maximum Gasteiger partial charge on any atom is 0.408 e. The third-order valence-corrected chi connectivity index (χ3v) is 4.83. The number of aromatic hydroxyl groups is 1. The Morgan fingerprint density at radius 2 is 1.74 bits per heavy atom. The lowest BCUT2D eigenvalue weighted by Gasteiger charge is -2.33. The second kappa shape index (κ2) is 12.1. The summed E-state index contributed by atoms with van der Waals surface area (Å²) in [5.41, 5.74) is 0.0135. The van der Waals surface area contributed by atoms with Gasteiger partial charge < -0.3 is 35.2 Å². The Kier molecular flexibility index (Phi) is 9.47. The van der Waals surface area contributed by atoms with Gasteiger partial charge >= 0.3 is 6.09 Å². The second-order valence-electron chi connectivity index (χ2n) is 8.84. The van der Waals surface area contributed by atoms with Crippen LogP contribution < -0.4 is 15.4 Å². The number of carbonyl (C=O) groups excluding carboxylic acids is 3. The lowest BCUT2D eigenvalue weighted by Crippen LogP contribution is -2.51. The molecule has 10 heteroatoms. The summed E-state index contributed by atoms with van der Waals surface area (Å²) in [6, 6.07) is 10.3. The van der Waals surface area contributed by atoms with Gasteiger partial charge in [0, 0.05) is 12.2 Å². The molecule has 0 saturated heterocycles. The Labute approximate surface area is 204 Å². The van der Waals surface area contributed by atoms with E-state index in [4.69, 9.17) is 9.47 Å². The predicted octanol–water partition coefficient (Wildman–Crippen LogP) is 2.81. The molecule has 3 amide bonds. The molecule has 0 bridgehead atoms. The van der Waals surface area contributed by atoms with Gasteiger partial charge in [0.2, 0.25) is 5.91 Å². The van der Waals surface area contributed by atoms with Gasteiger partial charge in [0.15, 0.2) is 0 Å². The average molecular weight is 488 g/mol. The van der Waals surface area contributed by atoms with Crippen LogP contribution in [0.3, 0.4) is 0 Å². The van der Waals surface area contributed by atoms with E-state index in [0.29, 0.717) is 17.0 Å². The molecular weight excluding hydrogens is 454 g/mol. The Balaban J connectivity index is 2.37.